The van der Waals surface area contributed by atoms with Gasteiger partial charge in [0.2, 0.25) is 5.91 Å². The summed E-state index contributed by atoms with van der Waals surface area (Å²) in [6, 6.07) is 1.41. The average molecular weight is 270 g/mol. The highest BCUT2D eigenvalue weighted by Crippen LogP contribution is 2.58. The van der Waals surface area contributed by atoms with E-state index in [1.807, 2.05) is 0 Å². The van der Waals surface area contributed by atoms with E-state index < -0.39 is 23.2 Å². The van der Waals surface area contributed by atoms with Gasteiger partial charge in [-0.15, -0.1) is 0 Å². The highest BCUT2D eigenvalue weighted by molar-refractivity contribution is 6.29. The number of carbonyl (C=O) groups excluding carboxylic acids is 1. The van der Waals surface area contributed by atoms with Gasteiger partial charge in [0.15, 0.2) is 0 Å². The first-order chi connectivity index (χ1) is 8.34. The van der Waals surface area contributed by atoms with Gasteiger partial charge in [-0.05, 0) is 5.41 Å². The van der Waals surface area contributed by atoms with Crippen LogP contribution in [0.1, 0.15) is 13.8 Å². The van der Waals surface area contributed by atoms with E-state index in [9.17, 15) is 9.59 Å². The number of carboxylic acid groups (broad SMARTS) is 1. The third kappa shape index (κ3) is 2.15. The highest BCUT2D eigenvalue weighted by atomic mass is 35.5. The van der Waals surface area contributed by atoms with Crippen LogP contribution in [0.4, 0.5) is 5.82 Å². The van der Waals surface area contributed by atoms with Crippen LogP contribution in [-0.2, 0) is 9.59 Å². The van der Waals surface area contributed by atoms with Gasteiger partial charge in [-0.2, -0.15) is 0 Å². The van der Waals surface area contributed by atoms with Crippen LogP contribution in [0.2, 0.25) is 5.15 Å². The molecule has 96 valence electrons. The summed E-state index contributed by atoms with van der Waals surface area (Å²) in [4.78, 5) is 30.4. The number of halogens is 1. The molecule has 18 heavy (non-hydrogen) atoms. The van der Waals surface area contributed by atoms with Crippen LogP contribution in [0.25, 0.3) is 0 Å². The van der Waals surface area contributed by atoms with E-state index in [0.29, 0.717) is 0 Å². The van der Waals surface area contributed by atoms with Gasteiger partial charge < -0.3 is 10.4 Å². The molecule has 1 fully saturated rings. The van der Waals surface area contributed by atoms with Crippen molar-refractivity contribution in [3.63, 3.8) is 0 Å². The molecule has 2 unspecified atom stereocenters. The molecule has 1 aromatic rings. The first-order valence-electron chi connectivity index (χ1n) is 5.35. The maximum Gasteiger partial charge on any atom is 0.307 e. The summed E-state index contributed by atoms with van der Waals surface area (Å²) in [5, 5.41) is 11.8. The van der Waals surface area contributed by atoms with Crippen LogP contribution in [0.5, 0.6) is 0 Å². The van der Waals surface area contributed by atoms with Crippen molar-refractivity contribution in [3.05, 3.63) is 17.5 Å². The zero-order valence-corrected chi connectivity index (χ0v) is 10.6. The molecule has 2 N–H and O–H groups in total. The normalized spacial score (nSPS) is 24.4. The molecule has 1 heterocycles. The quantitative estimate of drug-likeness (QED) is 0.810. The van der Waals surface area contributed by atoms with E-state index in [4.69, 9.17) is 16.7 Å². The van der Waals surface area contributed by atoms with Crippen molar-refractivity contribution < 1.29 is 14.7 Å². The zero-order valence-electron chi connectivity index (χ0n) is 9.85. The number of amides is 1. The number of aliphatic carboxylic acids is 1. The third-order valence-corrected chi connectivity index (χ3v) is 3.47. The maximum atomic E-state index is 11.9. The lowest BCUT2D eigenvalue weighted by atomic mass is 10.1. The lowest BCUT2D eigenvalue weighted by Gasteiger charge is -2.04. The van der Waals surface area contributed by atoms with Crippen molar-refractivity contribution >= 4 is 29.3 Å². The second-order valence-electron chi connectivity index (χ2n) is 4.83. The van der Waals surface area contributed by atoms with Crippen LogP contribution in [-0.4, -0.2) is 27.0 Å². The molecule has 0 saturated heterocycles. The number of anilines is 1. The van der Waals surface area contributed by atoms with Gasteiger partial charge in [-0.1, -0.05) is 25.4 Å². The Morgan fingerprint density at radius 1 is 1.39 bits per heavy atom. The van der Waals surface area contributed by atoms with Gasteiger partial charge in [0.05, 0.1) is 11.8 Å². The van der Waals surface area contributed by atoms with E-state index >= 15 is 0 Å². The Bertz CT molecular complexity index is 518. The monoisotopic (exact) mass is 269 g/mol. The fourth-order valence-electron chi connectivity index (χ4n) is 2.19. The number of rotatable bonds is 3. The second-order valence-corrected chi connectivity index (χ2v) is 5.22. The Kier molecular flexibility index (Phi) is 2.98. The van der Waals surface area contributed by atoms with Gasteiger partial charge in [-0.25, -0.2) is 9.97 Å². The summed E-state index contributed by atoms with van der Waals surface area (Å²) in [6.07, 6.45) is 1.23. The largest absolute Gasteiger partial charge is 0.481 e. The van der Waals surface area contributed by atoms with E-state index in [2.05, 4.69) is 15.3 Å². The molecular weight excluding hydrogens is 258 g/mol. The minimum atomic E-state index is -0.958. The van der Waals surface area contributed by atoms with Gasteiger partial charge in [0.25, 0.3) is 0 Å². The molecule has 1 saturated carbocycles. The van der Waals surface area contributed by atoms with Crippen molar-refractivity contribution in [2.75, 3.05) is 5.32 Å². The van der Waals surface area contributed by atoms with E-state index in [0.717, 1.165) is 0 Å². The predicted molar refractivity (Wildman–Crippen MR) is 64.1 cm³/mol. The molecule has 1 aliphatic rings. The summed E-state index contributed by atoms with van der Waals surface area (Å²) in [7, 11) is 0. The number of carbonyl (C=O) groups is 2. The van der Waals surface area contributed by atoms with E-state index in [1.54, 1.807) is 13.8 Å². The fraction of sp³-hybridized carbons (Fsp3) is 0.455. The summed E-state index contributed by atoms with van der Waals surface area (Å²) in [5.41, 5.74) is -0.535. The summed E-state index contributed by atoms with van der Waals surface area (Å²) < 4.78 is 0. The Morgan fingerprint density at radius 2 is 2.06 bits per heavy atom. The number of nitrogens with one attached hydrogen (secondary N) is 1. The number of hydrogen-bond acceptors (Lipinski definition) is 4. The highest BCUT2D eigenvalue weighted by Gasteiger charge is 2.65. The zero-order chi connectivity index (χ0) is 13.5. The fourth-order valence-corrected chi connectivity index (χ4v) is 2.34. The Hall–Kier alpha value is -1.69. The molecular formula is C11H12ClN3O3. The minimum Gasteiger partial charge on any atom is -0.481 e. The summed E-state index contributed by atoms with van der Waals surface area (Å²) in [5.74, 6) is -2.26. The smallest absolute Gasteiger partial charge is 0.307 e. The molecule has 1 amide bonds. The molecule has 0 aromatic carbocycles. The van der Waals surface area contributed by atoms with Crippen LogP contribution in [0, 0.1) is 17.3 Å². The molecule has 0 radical (unpaired) electrons. The first kappa shape index (κ1) is 12.8. The Morgan fingerprint density at radius 3 is 2.56 bits per heavy atom. The molecule has 0 spiro atoms. The molecule has 7 heteroatoms. The van der Waals surface area contributed by atoms with Gasteiger partial charge in [0, 0.05) is 6.07 Å². The Labute approximate surface area is 108 Å². The third-order valence-electron chi connectivity index (χ3n) is 3.26. The Balaban J connectivity index is 2.08. The van der Waals surface area contributed by atoms with Crippen molar-refractivity contribution in [1.82, 2.24) is 9.97 Å². The van der Waals surface area contributed by atoms with Crippen LogP contribution < -0.4 is 5.32 Å². The van der Waals surface area contributed by atoms with Crippen LogP contribution in [0.15, 0.2) is 12.4 Å². The lowest BCUT2D eigenvalue weighted by molar-refractivity contribution is -0.140. The second kappa shape index (κ2) is 4.20. The number of nitrogens with zero attached hydrogens (tertiary/aromatic N) is 2. The molecule has 1 aliphatic carbocycles. The standard InChI is InChI=1S/C11H12ClN3O3/c1-11(2)7(8(11)10(17)18)9(16)15-6-3-5(12)13-4-14-6/h3-4,7-8H,1-2H3,(H,17,18)(H,13,14,15,16). The predicted octanol–water partition coefficient (Wildman–Crippen LogP) is 1.43. The summed E-state index contributed by atoms with van der Waals surface area (Å²) >= 11 is 5.66. The van der Waals surface area contributed by atoms with Gasteiger partial charge in [0.1, 0.15) is 17.3 Å². The van der Waals surface area contributed by atoms with Crippen LogP contribution in [0.3, 0.4) is 0 Å². The van der Waals surface area contributed by atoms with Crippen molar-refractivity contribution in [1.29, 1.82) is 0 Å². The molecule has 2 rings (SSSR count). The van der Waals surface area contributed by atoms with Gasteiger partial charge in [-0.3, -0.25) is 9.59 Å². The maximum absolute atomic E-state index is 11.9. The molecule has 6 nitrogen and oxygen atoms in total. The SMILES string of the molecule is CC1(C)C(C(=O)O)C1C(=O)Nc1cc(Cl)ncn1. The number of hydrogen-bond donors (Lipinski definition) is 2. The average Bonchev–Trinajstić information content (AvgIpc) is 2.81. The van der Waals surface area contributed by atoms with E-state index in [1.165, 1.54) is 12.4 Å². The molecule has 2 atom stereocenters. The number of aromatic nitrogens is 2. The number of carboxylic acids is 1. The van der Waals surface area contributed by atoms with E-state index in [-0.39, 0.29) is 16.9 Å². The lowest BCUT2D eigenvalue weighted by Crippen LogP contribution is -2.18. The first-order valence-corrected chi connectivity index (χ1v) is 5.73. The molecule has 0 aliphatic heterocycles. The van der Waals surface area contributed by atoms with Crippen molar-refractivity contribution in [2.24, 2.45) is 17.3 Å². The topological polar surface area (TPSA) is 92.2 Å². The van der Waals surface area contributed by atoms with Crippen molar-refractivity contribution in [3.8, 4) is 0 Å². The summed E-state index contributed by atoms with van der Waals surface area (Å²) in [6.45, 7) is 3.51. The van der Waals surface area contributed by atoms with Crippen molar-refractivity contribution in [2.45, 2.75) is 13.8 Å². The molecule has 0 bridgehead atoms. The minimum absolute atomic E-state index is 0.213. The van der Waals surface area contributed by atoms with Crippen LogP contribution >= 0.6 is 11.6 Å². The van der Waals surface area contributed by atoms with Gasteiger partial charge >= 0.3 is 5.97 Å². The molecule has 1 aromatic heterocycles.